The Labute approximate surface area is 95.5 Å². The van der Waals surface area contributed by atoms with E-state index in [0.717, 1.165) is 0 Å². The summed E-state index contributed by atoms with van der Waals surface area (Å²) in [5, 5.41) is 13.1. The SMILES string of the molecule is Cn1cc(-c2ncc(Cl)cn2)c(C(=O)O)n1. The number of carboxylic acid groups (broad SMARTS) is 1. The van der Waals surface area contributed by atoms with Gasteiger partial charge < -0.3 is 5.11 Å². The molecule has 6 nitrogen and oxygen atoms in total. The predicted molar refractivity (Wildman–Crippen MR) is 56.2 cm³/mol. The zero-order valence-electron chi connectivity index (χ0n) is 8.25. The van der Waals surface area contributed by atoms with Crippen molar-refractivity contribution in [3.8, 4) is 11.4 Å². The fourth-order valence-corrected chi connectivity index (χ4v) is 1.36. The Balaban J connectivity index is 2.55. The largest absolute Gasteiger partial charge is 0.476 e. The molecule has 0 bridgehead atoms. The molecule has 0 amide bonds. The van der Waals surface area contributed by atoms with Gasteiger partial charge in [-0.1, -0.05) is 11.6 Å². The highest BCUT2D eigenvalue weighted by Crippen LogP contribution is 2.19. The average molecular weight is 239 g/mol. The molecule has 0 saturated heterocycles. The maximum atomic E-state index is 10.9. The first kappa shape index (κ1) is 10.6. The molecule has 0 aliphatic rings. The van der Waals surface area contributed by atoms with Crippen molar-refractivity contribution in [3.63, 3.8) is 0 Å². The minimum absolute atomic E-state index is 0.0789. The van der Waals surface area contributed by atoms with E-state index in [1.54, 1.807) is 13.2 Å². The first-order chi connectivity index (χ1) is 7.58. The maximum absolute atomic E-state index is 10.9. The van der Waals surface area contributed by atoms with Gasteiger partial charge in [-0.05, 0) is 0 Å². The summed E-state index contributed by atoms with van der Waals surface area (Å²) in [6, 6.07) is 0. The monoisotopic (exact) mass is 238 g/mol. The molecule has 2 rings (SSSR count). The molecule has 0 aliphatic heterocycles. The summed E-state index contributed by atoms with van der Waals surface area (Å²) in [5.74, 6) is -0.830. The van der Waals surface area contributed by atoms with Crippen LogP contribution in [0.2, 0.25) is 5.02 Å². The van der Waals surface area contributed by atoms with E-state index < -0.39 is 5.97 Å². The van der Waals surface area contributed by atoms with Gasteiger partial charge in [-0.15, -0.1) is 0 Å². The van der Waals surface area contributed by atoms with Crippen molar-refractivity contribution in [1.82, 2.24) is 19.7 Å². The van der Waals surface area contributed by atoms with E-state index in [0.29, 0.717) is 10.6 Å². The summed E-state index contributed by atoms with van der Waals surface area (Å²) in [4.78, 5) is 18.8. The van der Waals surface area contributed by atoms with Crippen molar-refractivity contribution in [2.45, 2.75) is 0 Å². The smallest absolute Gasteiger partial charge is 0.357 e. The van der Waals surface area contributed by atoms with Gasteiger partial charge in [-0.3, -0.25) is 4.68 Å². The van der Waals surface area contributed by atoms with Gasteiger partial charge in [0.25, 0.3) is 0 Å². The lowest BCUT2D eigenvalue weighted by molar-refractivity contribution is 0.0690. The summed E-state index contributed by atoms with van der Waals surface area (Å²) < 4.78 is 1.40. The number of hydrogen-bond donors (Lipinski definition) is 1. The van der Waals surface area contributed by atoms with Crippen LogP contribution in [0.25, 0.3) is 11.4 Å². The molecule has 1 N–H and O–H groups in total. The van der Waals surface area contributed by atoms with Gasteiger partial charge in [0.2, 0.25) is 0 Å². The molecule has 2 aromatic rings. The highest BCUT2D eigenvalue weighted by molar-refractivity contribution is 6.30. The minimum Gasteiger partial charge on any atom is -0.476 e. The Hall–Kier alpha value is -1.95. The fourth-order valence-electron chi connectivity index (χ4n) is 1.26. The Morgan fingerprint density at radius 3 is 2.62 bits per heavy atom. The van der Waals surface area contributed by atoms with Crippen molar-refractivity contribution in [2.75, 3.05) is 0 Å². The summed E-state index contributed by atoms with van der Waals surface area (Å²) in [5.41, 5.74) is 0.288. The normalized spacial score (nSPS) is 10.4. The van der Waals surface area contributed by atoms with Crippen LogP contribution >= 0.6 is 11.6 Å². The van der Waals surface area contributed by atoms with Crippen LogP contribution in [0.5, 0.6) is 0 Å². The number of hydrogen-bond acceptors (Lipinski definition) is 4. The van der Waals surface area contributed by atoms with Crippen LogP contribution in [0.3, 0.4) is 0 Å². The van der Waals surface area contributed by atoms with Crippen LogP contribution in [-0.4, -0.2) is 30.8 Å². The van der Waals surface area contributed by atoms with Gasteiger partial charge >= 0.3 is 5.97 Å². The zero-order chi connectivity index (χ0) is 11.7. The maximum Gasteiger partial charge on any atom is 0.357 e. The first-order valence-corrected chi connectivity index (χ1v) is 4.70. The van der Waals surface area contributed by atoms with E-state index in [1.165, 1.54) is 17.1 Å². The Morgan fingerprint density at radius 2 is 2.06 bits per heavy atom. The zero-order valence-corrected chi connectivity index (χ0v) is 9.01. The van der Waals surface area contributed by atoms with Gasteiger partial charge in [0.05, 0.1) is 10.6 Å². The Morgan fingerprint density at radius 1 is 1.44 bits per heavy atom. The number of nitrogens with zero attached hydrogens (tertiary/aromatic N) is 4. The van der Waals surface area contributed by atoms with Gasteiger partial charge in [0.15, 0.2) is 11.5 Å². The molecule has 0 aromatic carbocycles. The quantitative estimate of drug-likeness (QED) is 0.851. The molecule has 0 aliphatic carbocycles. The minimum atomic E-state index is -1.12. The van der Waals surface area contributed by atoms with E-state index >= 15 is 0 Å². The number of aromatic carboxylic acids is 1. The summed E-state index contributed by atoms with van der Waals surface area (Å²) in [6.45, 7) is 0. The molecule has 0 saturated carbocycles. The van der Waals surface area contributed by atoms with E-state index in [1.807, 2.05) is 0 Å². The number of carbonyl (C=O) groups is 1. The Bertz CT molecular complexity index is 535. The van der Waals surface area contributed by atoms with Crippen molar-refractivity contribution in [3.05, 3.63) is 29.3 Å². The summed E-state index contributed by atoms with van der Waals surface area (Å²) in [7, 11) is 1.63. The number of aromatic nitrogens is 4. The second-order valence-electron chi connectivity index (χ2n) is 3.10. The average Bonchev–Trinajstić information content (AvgIpc) is 2.61. The fraction of sp³-hybridized carbons (Fsp3) is 0.111. The van der Waals surface area contributed by atoms with Gasteiger partial charge in [0.1, 0.15) is 0 Å². The third-order valence-corrected chi connectivity index (χ3v) is 2.09. The number of halogens is 1. The lowest BCUT2D eigenvalue weighted by Gasteiger charge is -1.96. The molecule has 2 heterocycles. The van der Waals surface area contributed by atoms with Crippen molar-refractivity contribution < 1.29 is 9.90 Å². The molecule has 0 fully saturated rings. The first-order valence-electron chi connectivity index (χ1n) is 4.33. The second kappa shape index (κ2) is 3.90. The van der Waals surface area contributed by atoms with Crippen molar-refractivity contribution in [1.29, 1.82) is 0 Å². The topological polar surface area (TPSA) is 80.9 Å². The Kier molecular flexibility index (Phi) is 2.57. The van der Waals surface area contributed by atoms with E-state index in [2.05, 4.69) is 15.1 Å². The highest BCUT2D eigenvalue weighted by Gasteiger charge is 2.18. The summed E-state index contributed by atoms with van der Waals surface area (Å²) in [6.07, 6.45) is 4.36. The molecule has 0 unspecified atom stereocenters. The molecular weight excluding hydrogens is 232 g/mol. The molecule has 82 valence electrons. The van der Waals surface area contributed by atoms with E-state index in [9.17, 15) is 4.79 Å². The van der Waals surface area contributed by atoms with Gasteiger partial charge in [0, 0.05) is 25.6 Å². The molecular formula is C9H7ClN4O2. The predicted octanol–water partition coefficient (Wildman–Crippen LogP) is 1.23. The molecule has 7 heteroatoms. The van der Waals surface area contributed by atoms with Gasteiger partial charge in [-0.2, -0.15) is 5.10 Å². The standard InChI is InChI=1S/C9H7ClN4O2/c1-14-4-6(7(13-14)9(15)16)8-11-2-5(10)3-12-8/h2-4H,1H3,(H,15,16). The molecule has 0 atom stereocenters. The number of aryl methyl sites for hydroxylation is 1. The van der Waals surface area contributed by atoms with E-state index in [4.69, 9.17) is 16.7 Å². The lowest BCUT2D eigenvalue weighted by atomic mass is 10.2. The van der Waals surface area contributed by atoms with Crippen LogP contribution in [0, 0.1) is 0 Å². The molecule has 2 aromatic heterocycles. The highest BCUT2D eigenvalue weighted by atomic mass is 35.5. The van der Waals surface area contributed by atoms with Gasteiger partial charge in [-0.25, -0.2) is 14.8 Å². The van der Waals surface area contributed by atoms with Crippen LogP contribution in [0.1, 0.15) is 10.5 Å². The van der Waals surface area contributed by atoms with Crippen LogP contribution < -0.4 is 0 Å². The number of rotatable bonds is 2. The summed E-state index contributed by atoms with van der Waals surface area (Å²) >= 11 is 5.64. The lowest BCUT2D eigenvalue weighted by Crippen LogP contribution is -2.01. The van der Waals surface area contributed by atoms with Crippen LogP contribution in [0.4, 0.5) is 0 Å². The third-order valence-electron chi connectivity index (χ3n) is 1.89. The van der Waals surface area contributed by atoms with Crippen molar-refractivity contribution in [2.24, 2.45) is 7.05 Å². The number of carboxylic acids is 1. The molecule has 16 heavy (non-hydrogen) atoms. The van der Waals surface area contributed by atoms with Crippen molar-refractivity contribution >= 4 is 17.6 Å². The van der Waals surface area contributed by atoms with Crippen LogP contribution in [-0.2, 0) is 7.05 Å². The van der Waals surface area contributed by atoms with Crippen LogP contribution in [0.15, 0.2) is 18.6 Å². The molecule has 0 spiro atoms. The van der Waals surface area contributed by atoms with E-state index in [-0.39, 0.29) is 11.5 Å². The third kappa shape index (κ3) is 1.87. The second-order valence-corrected chi connectivity index (χ2v) is 3.53. The molecule has 0 radical (unpaired) electrons.